The molecule has 84 valence electrons. The lowest BCUT2D eigenvalue weighted by atomic mass is 10.4. The molecule has 0 saturated carbocycles. The molecule has 0 fully saturated rings. The Labute approximate surface area is 84.8 Å². The number of hydrogen-bond donors (Lipinski definition) is 2. The third-order valence-corrected chi connectivity index (χ3v) is 1.18. The second-order valence-electron chi connectivity index (χ2n) is 2.94. The van der Waals surface area contributed by atoms with Gasteiger partial charge >= 0.3 is 12.2 Å². The highest BCUT2D eigenvalue weighted by molar-refractivity contribution is 5.76. The molecule has 2 amide bonds. The molecule has 0 radical (unpaired) electrons. The molecule has 0 aliphatic heterocycles. The largest absolute Gasteiger partial charge is 0.432 e. The minimum atomic E-state index is -4.75. The van der Waals surface area contributed by atoms with Crippen molar-refractivity contribution in [2.75, 3.05) is 0 Å². The van der Waals surface area contributed by atoms with Crippen molar-refractivity contribution in [1.82, 2.24) is 10.6 Å². The first-order valence-electron chi connectivity index (χ1n) is 4.02. The number of nitriles is 1. The molecule has 15 heavy (non-hydrogen) atoms. The van der Waals surface area contributed by atoms with Crippen molar-refractivity contribution >= 4 is 6.03 Å². The first-order chi connectivity index (χ1) is 6.77. The molecule has 0 unspecified atom stereocenters. The molecule has 0 aromatic carbocycles. The maximum atomic E-state index is 12.1. The van der Waals surface area contributed by atoms with Crippen LogP contribution in [0.4, 0.5) is 18.0 Å². The van der Waals surface area contributed by atoms with Crippen LogP contribution in [-0.4, -0.2) is 18.2 Å². The van der Waals surface area contributed by atoms with Crippen LogP contribution >= 0.6 is 0 Å². The minimum absolute atomic E-state index is 0.236. The quantitative estimate of drug-likeness (QED) is 0.696. The summed E-state index contributed by atoms with van der Waals surface area (Å²) in [6.07, 6.45) is -4.51. The molecular weight excluding hydrogens is 211 g/mol. The van der Waals surface area contributed by atoms with Gasteiger partial charge in [-0.05, 0) is 13.8 Å². The highest BCUT2D eigenvalue weighted by Crippen LogP contribution is 2.22. The van der Waals surface area contributed by atoms with Crippen molar-refractivity contribution in [2.45, 2.75) is 26.1 Å². The molecule has 0 saturated heterocycles. The van der Waals surface area contributed by atoms with E-state index < -0.39 is 17.9 Å². The SMILES string of the molecule is CC(C)NC(=O)NC(=CC#N)C(F)(F)F. The summed E-state index contributed by atoms with van der Waals surface area (Å²) in [7, 11) is 0. The summed E-state index contributed by atoms with van der Waals surface area (Å²) in [6.45, 7) is 3.20. The molecular formula is C8H10F3N3O. The average molecular weight is 221 g/mol. The summed E-state index contributed by atoms with van der Waals surface area (Å²) in [6, 6.07) is -0.0782. The minimum Gasteiger partial charge on any atom is -0.336 e. The zero-order valence-corrected chi connectivity index (χ0v) is 8.14. The van der Waals surface area contributed by atoms with Gasteiger partial charge in [0.25, 0.3) is 0 Å². The van der Waals surface area contributed by atoms with Gasteiger partial charge in [0, 0.05) is 12.1 Å². The summed E-state index contributed by atoms with van der Waals surface area (Å²) < 4.78 is 36.4. The smallest absolute Gasteiger partial charge is 0.336 e. The van der Waals surface area contributed by atoms with Crippen LogP contribution in [0.2, 0.25) is 0 Å². The Morgan fingerprint density at radius 1 is 1.47 bits per heavy atom. The van der Waals surface area contributed by atoms with Gasteiger partial charge in [0.15, 0.2) is 0 Å². The van der Waals surface area contributed by atoms with Gasteiger partial charge < -0.3 is 10.6 Å². The lowest BCUT2D eigenvalue weighted by Gasteiger charge is -2.14. The number of carbonyl (C=O) groups is 1. The van der Waals surface area contributed by atoms with Crippen LogP contribution in [0.5, 0.6) is 0 Å². The summed E-state index contributed by atoms with van der Waals surface area (Å²) in [4.78, 5) is 10.9. The van der Waals surface area contributed by atoms with Crippen molar-refractivity contribution in [3.05, 3.63) is 11.8 Å². The number of hydrogen-bond acceptors (Lipinski definition) is 2. The van der Waals surface area contributed by atoms with Crippen LogP contribution in [-0.2, 0) is 0 Å². The maximum Gasteiger partial charge on any atom is 0.432 e. The van der Waals surface area contributed by atoms with E-state index in [2.05, 4.69) is 5.32 Å². The summed E-state index contributed by atoms with van der Waals surface area (Å²) in [5.41, 5.74) is -1.39. The van der Waals surface area contributed by atoms with Gasteiger partial charge in [0.2, 0.25) is 0 Å². The van der Waals surface area contributed by atoms with Crippen molar-refractivity contribution in [2.24, 2.45) is 0 Å². The molecule has 0 atom stereocenters. The van der Waals surface area contributed by atoms with Crippen molar-refractivity contribution < 1.29 is 18.0 Å². The molecule has 0 heterocycles. The van der Waals surface area contributed by atoms with Gasteiger partial charge in [-0.2, -0.15) is 18.4 Å². The lowest BCUT2D eigenvalue weighted by molar-refractivity contribution is -0.0954. The molecule has 0 aromatic heterocycles. The topological polar surface area (TPSA) is 64.9 Å². The number of urea groups is 1. The van der Waals surface area contributed by atoms with E-state index >= 15 is 0 Å². The number of halogens is 3. The molecule has 0 spiro atoms. The van der Waals surface area contributed by atoms with Crippen LogP contribution in [0.1, 0.15) is 13.8 Å². The van der Waals surface area contributed by atoms with Gasteiger partial charge in [-0.15, -0.1) is 0 Å². The first kappa shape index (κ1) is 13.3. The highest BCUT2D eigenvalue weighted by Gasteiger charge is 2.35. The molecule has 0 aliphatic rings. The normalized spacial score (nSPS) is 12.2. The van der Waals surface area contributed by atoms with E-state index in [4.69, 9.17) is 5.26 Å². The van der Waals surface area contributed by atoms with E-state index in [9.17, 15) is 18.0 Å². The fraction of sp³-hybridized carbons (Fsp3) is 0.500. The maximum absolute atomic E-state index is 12.1. The number of nitrogens with zero attached hydrogens (tertiary/aromatic N) is 1. The zero-order chi connectivity index (χ0) is 12.1. The summed E-state index contributed by atoms with van der Waals surface area (Å²) >= 11 is 0. The molecule has 0 bridgehead atoms. The van der Waals surface area contributed by atoms with E-state index in [-0.39, 0.29) is 12.1 Å². The van der Waals surface area contributed by atoms with Crippen molar-refractivity contribution in [3.63, 3.8) is 0 Å². The predicted molar refractivity (Wildman–Crippen MR) is 46.6 cm³/mol. The van der Waals surface area contributed by atoms with Gasteiger partial charge in [-0.3, -0.25) is 0 Å². The Morgan fingerprint density at radius 3 is 2.33 bits per heavy atom. The predicted octanol–water partition coefficient (Wildman–Crippen LogP) is 1.66. The van der Waals surface area contributed by atoms with Gasteiger partial charge in [0.05, 0.1) is 6.07 Å². The standard InChI is InChI=1S/C8H10F3N3O/c1-5(2)13-7(15)14-6(3-4-12)8(9,10)11/h3,5H,1-2H3,(H2,13,14,15). The number of allylic oxidation sites excluding steroid dienone is 2. The van der Waals surface area contributed by atoms with Crippen molar-refractivity contribution in [1.29, 1.82) is 5.26 Å². The van der Waals surface area contributed by atoms with E-state index in [1.165, 1.54) is 6.07 Å². The molecule has 0 aliphatic carbocycles. The second kappa shape index (κ2) is 5.24. The van der Waals surface area contributed by atoms with Crippen LogP contribution in [0.15, 0.2) is 11.8 Å². The van der Waals surface area contributed by atoms with Crippen LogP contribution in [0, 0.1) is 11.3 Å². The number of amides is 2. The second-order valence-corrected chi connectivity index (χ2v) is 2.94. The lowest BCUT2D eigenvalue weighted by Crippen LogP contribution is -2.42. The monoisotopic (exact) mass is 221 g/mol. The number of alkyl halides is 3. The molecule has 0 rings (SSSR count). The Balaban J connectivity index is 4.54. The van der Waals surface area contributed by atoms with Crippen molar-refractivity contribution in [3.8, 4) is 6.07 Å². The number of carbonyl (C=O) groups excluding carboxylic acids is 1. The van der Waals surface area contributed by atoms with Gasteiger partial charge in [0.1, 0.15) is 5.70 Å². The average Bonchev–Trinajstić information content (AvgIpc) is 2.00. The fourth-order valence-corrected chi connectivity index (χ4v) is 0.674. The molecule has 7 heteroatoms. The Hall–Kier alpha value is -1.71. The molecule has 4 nitrogen and oxygen atoms in total. The number of nitrogens with one attached hydrogen (secondary N) is 2. The summed E-state index contributed by atoms with van der Waals surface area (Å²) in [5, 5.41) is 11.9. The van der Waals surface area contributed by atoms with E-state index in [1.54, 1.807) is 19.2 Å². The third kappa shape index (κ3) is 5.57. The van der Waals surface area contributed by atoms with Crippen LogP contribution in [0.25, 0.3) is 0 Å². The van der Waals surface area contributed by atoms with Crippen LogP contribution in [0.3, 0.4) is 0 Å². The van der Waals surface area contributed by atoms with E-state index in [1.807, 2.05) is 0 Å². The Bertz CT molecular complexity index is 301. The summed E-state index contributed by atoms with van der Waals surface area (Å²) in [5.74, 6) is 0. The third-order valence-electron chi connectivity index (χ3n) is 1.18. The number of rotatable bonds is 2. The molecule has 2 N–H and O–H groups in total. The van der Waals surface area contributed by atoms with E-state index in [0.717, 1.165) is 0 Å². The van der Waals surface area contributed by atoms with Crippen LogP contribution < -0.4 is 10.6 Å². The van der Waals surface area contributed by atoms with Gasteiger partial charge in [-0.25, -0.2) is 4.79 Å². The highest BCUT2D eigenvalue weighted by atomic mass is 19.4. The Kier molecular flexibility index (Phi) is 4.64. The zero-order valence-electron chi connectivity index (χ0n) is 8.14. The van der Waals surface area contributed by atoms with Gasteiger partial charge in [-0.1, -0.05) is 0 Å². The Morgan fingerprint density at radius 2 is 2.00 bits per heavy atom. The fourth-order valence-electron chi connectivity index (χ4n) is 0.674. The van der Waals surface area contributed by atoms with E-state index in [0.29, 0.717) is 0 Å². The first-order valence-corrected chi connectivity index (χ1v) is 4.02. The molecule has 0 aromatic rings.